The van der Waals surface area contributed by atoms with Crippen molar-refractivity contribution < 1.29 is 28.2 Å². The summed E-state index contributed by atoms with van der Waals surface area (Å²) in [7, 11) is 1.60. The van der Waals surface area contributed by atoms with Crippen LogP contribution in [0.5, 0.6) is 11.6 Å². The van der Waals surface area contributed by atoms with Gasteiger partial charge in [0, 0.05) is 30.2 Å². The molecular formula is C35H33F2N3O4. The Kier molecular flexibility index (Phi) is 7.80. The number of hydrogen-bond donors (Lipinski definition) is 1. The summed E-state index contributed by atoms with van der Waals surface area (Å²) in [4.78, 5) is 20.8. The molecule has 2 aromatic heterocycles. The Morgan fingerprint density at radius 1 is 1.00 bits per heavy atom. The SMILES string of the molecule is CCC1(Cn2c(Cc3cc(F)c(-c4cccc(OCc5ccc(C)cc5OC)n4)cc3F)nc3ccc(C(=O)O)cc32)CC1. The Bertz CT molecular complexity index is 1880. The maximum atomic E-state index is 15.6. The summed E-state index contributed by atoms with van der Waals surface area (Å²) in [6, 6.07) is 17.9. The van der Waals surface area contributed by atoms with Crippen molar-refractivity contribution in [2.75, 3.05) is 7.11 Å². The van der Waals surface area contributed by atoms with Crippen LogP contribution in [-0.4, -0.2) is 32.7 Å². The number of carboxylic acid groups (broad SMARTS) is 1. The van der Waals surface area contributed by atoms with Gasteiger partial charge >= 0.3 is 5.97 Å². The van der Waals surface area contributed by atoms with Crippen molar-refractivity contribution in [3.8, 4) is 22.9 Å². The van der Waals surface area contributed by atoms with Gasteiger partial charge in [-0.15, -0.1) is 0 Å². The number of benzene rings is 3. The highest BCUT2D eigenvalue weighted by atomic mass is 19.1. The summed E-state index contributed by atoms with van der Waals surface area (Å²) in [6.45, 7) is 4.95. The molecule has 1 fully saturated rings. The van der Waals surface area contributed by atoms with E-state index in [-0.39, 0.29) is 46.7 Å². The van der Waals surface area contributed by atoms with E-state index in [4.69, 9.17) is 14.5 Å². The number of ether oxygens (including phenoxy) is 2. The first kappa shape index (κ1) is 29.3. The Labute approximate surface area is 254 Å². The zero-order chi connectivity index (χ0) is 31.0. The third-order valence-corrected chi connectivity index (χ3v) is 8.58. The van der Waals surface area contributed by atoms with Gasteiger partial charge in [-0.3, -0.25) is 0 Å². The smallest absolute Gasteiger partial charge is 0.335 e. The Balaban J connectivity index is 1.28. The van der Waals surface area contributed by atoms with Crippen LogP contribution in [-0.2, 0) is 19.6 Å². The van der Waals surface area contributed by atoms with Gasteiger partial charge in [-0.05, 0) is 85.2 Å². The topological polar surface area (TPSA) is 86.5 Å². The number of hydrogen-bond acceptors (Lipinski definition) is 5. The second-order valence-corrected chi connectivity index (χ2v) is 11.5. The molecule has 1 N–H and O–H groups in total. The molecule has 0 spiro atoms. The Hall–Kier alpha value is -4.79. The molecule has 1 aliphatic carbocycles. The molecule has 0 unspecified atom stereocenters. The van der Waals surface area contributed by atoms with Gasteiger partial charge in [0.25, 0.3) is 0 Å². The number of nitrogens with zero attached hydrogens (tertiary/aromatic N) is 3. The van der Waals surface area contributed by atoms with Crippen molar-refractivity contribution in [2.45, 2.75) is 52.7 Å². The average molecular weight is 598 g/mol. The van der Waals surface area contributed by atoms with Crippen LogP contribution in [0.1, 0.15) is 59.1 Å². The van der Waals surface area contributed by atoms with Gasteiger partial charge in [-0.25, -0.2) is 23.5 Å². The summed E-state index contributed by atoms with van der Waals surface area (Å²) < 4.78 is 44.5. The number of aromatic carboxylic acids is 1. The zero-order valence-electron chi connectivity index (χ0n) is 24.9. The molecule has 2 heterocycles. The summed E-state index contributed by atoms with van der Waals surface area (Å²) in [5.41, 5.74) is 3.89. The number of methoxy groups -OCH3 is 1. The summed E-state index contributed by atoms with van der Waals surface area (Å²) in [5.74, 6) is -0.696. The third kappa shape index (κ3) is 5.86. The second-order valence-electron chi connectivity index (χ2n) is 11.5. The van der Waals surface area contributed by atoms with E-state index in [2.05, 4.69) is 11.9 Å². The summed E-state index contributed by atoms with van der Waals surface area (Å²) in [5, 5.41) is 9.55. The van der Waals surface area contributed by atoms with Gasteiger partial charge in [0.1, 0.15) is 29.8 Å². The number of pyridine rings is 1. The lowest BCUT2D eigenvalue weighted by Crippen LogP contribution is -2.14. The first-order valence-corrected chi connectivity index (χ1v) is 14.6. The second kappa shape index (κ2) is 11.7. The fraction of sp³-hybridized carbons (Fsp3) is 0.286. The molecule has 44 heavy (non-hydrogen) atoms. The molecule has 0 amide bonds. The number of carbonyl (C=O) groups is 1. The van der Waals surface area contributed by atoms with Crippen molar-refractivity contribution in [3.05, 3.63) is 106 Å². The molecule has 0 saturated heterocycles. The van der Waals surface area contributed by atoms with Crippen LogP contribution in [0.3, 0.4) is 0 Å². The Morgan fingerprint density at radius 2 is 1.82 bits per heavy atom. The Morgan fingerprint density at radius 3 is 2.55 bits per heavy atom. The molecule has 1 saturated carbocycles. The van der Waals surface area contributed by atoms with E-state index in [1.54, 1.807) is 37.4 Å². The van der Waals surface area contributed by atoms with Crippen molar-refractivity contribution in [2.24, 2.45) is 5.41 Å². The number of rotatable bonds is 11. The minimum Gasteiger partial charge on any atom is -0.496 e. The van der Waals surface area contributed by atoms with Crippen molar-refractivity contribution in [3.63, 3.8) is 0 Å². The number of fused-ring (bicyclic) bond motifs is 1. The van der Waals surface area contributed by atoms with Crippen molar-refractivity contribution >= 4 is 17.0 Å². The van der Waals surface area contributed by atoms with Gasteiger partial charge in [0.15, 0.2) is 0 Å². The molecule has 0 atom stereocenters. The monoisotopic (exact) mass is 597 g/mol. The third-order valence-electron chi connectivity index (χ3n) is 8.58. The standard InChI is InChI=1S/C35H33F2N3O4/c1-4-35(12-13-35)20-40-30-16-22(34(41)42)10-11-29(30)38-32(40)17-24-15-27(37)25(18-26(24)36)28-6-5-7-33(39-28)44-19-23-9-8-21(2)14-31(23)43-3/h5-11,14-16,18H,4,12-13,17,19-20H2,1-3H3,(H,41,42). The first-order chi connectivity index (χ1) is 21.2. The normalized spacial score (nSPS) is 13.7. The summed E-state index contributed by atoms with van der Waals surface area (Å²) in [6.07, 6.45) is 3.15. The lowest BCUT2D eigenvalue weighted by Gasteiger charge is -2.17. The van der Waals surface area contributed by atoms with Crippen LogP contribution >= 0.6 is 0 Å². The van der Waals surface area contributed by atoms with E-state index < -0.39 is 17.6 Å². The van der Waals surface area contributed by atoms with Crippen molar-refractivity contribution in [1.29, 1.82) is 0 Å². The fourth-order valence-corrected chi connectivity index (χ4v) is 5.61. The maximum Gasteiger partial charge on any atom is 0.335 e. The van der Waals surface area contributed by atoms with Crippen LogP contribution in [0.4, 0.5) is 8.78 Å². The number of imidazole rings is 1. The molecule has 0 radical (unpaired) electrons. The quantitative estimate of drug-likeness (QED) is 0.168. The highest BCUT2D eigenvalue weighted by Crippen LogP contribution is 2.50. The number of aryl methyl sites for hydroxylation is 1. The van der Waals surface area contributed by atoms with Crippen LogP contribution < -0.4 is 9.47 Å². The van der Waals surface area contributed by atoms with E-state index >= 15 is 8.78 Å². The average Bonchev–Trinajstić information content (AvgIpc) is 3.72. The largest absolute Gasteiger partial charge is 0.496 e. The predicted octanol–water partition coefficient (Wildman–Crippen LogP) is 7.75. The number of halogens is 2. The number of carboxylic acids is 1. The van der Waals surface area contributed by atoms with Gasteiger partial charge in [-0.2, -0.15) is 0 Å². The van der Waals surface area contributed by atoms with E-state index in [0.29, 0.717) is 29.2 Å². The van der Waals surface area contributed by atoms with Crippen LogP contribution in [0.15, 0.2) is 66.7 Å². The molecule has 9 heteroatoms. The van der Waals surface area contributed by atoms with E-state index in [0.717, 1.165) is 36.5 Å². The van der Waals surface area contributed by atoms with Gasteiger partial charge in [-0.1, -0.05) is 25.1 Å². The van der Waals surface area contributed by atoms with E-state index in [1.165, 1.54) is 12.1 Å². The van der Waals surface area contributed by atoms with Crippen LogP contribution in [0, 0.1) is 24.0 Å². The molecular weight excluding hydrogens is 564 g/mol. The first-order valence-electron chi connectivity index (χ1n) is 14.6. The highest BCUT2D eigenvalue weighted by Gasteiger charge is 2.41. The molecule has 6 rings (SSSR count). The zero-order valence-corrected chi connectivity index (χ0v) is 24.9. The van der Waals surface area contributed by atoms with E-state index in [9.17, 15) is 9.90 Å². The molecule has 0 bridgehead atoms. The molecule has 7 nitrogen and oxygen atoms in total. The predicted molar refractivity (Wildman–Crippen MR) is 163 cm³/mol. The molecule has 226 valence electrons. The lowest BCUT2D eigenvalue weighted by atomic mass is 10.0. The van der Waals surface area contributed by atoms with Gasteiger partial charge in [0.05, 0.1) is 29.4 Å². The molecule has 5 aromatic rings. The number of aromatic nitrogens is 3. The lowest BCUT2D eigenvalue weighted by molar-refractivity contribution is 0.0697. The molecule has 1 aliphatic rings. The minimum atomic E-state index is -1.03. The molecule has 3 aromatic carbocycles. The van der Waals surface area contributed by atoms with E-state index in [1.807, 2.05) is 29.7 Å². The van der Waals surface area contributed by atoms with Crippen LogP contribution in [0.2, 0.25) is 0 Å². The highest BCUT2D eigenvalue weighted by molar-refractivity contribution is 5.92. The summed E-state index contributed by atoms with van der Waals surface area (Å²) >= 11 is 0. The minimum absolute atomic E-state index is 0.0205. The molecule has 0 aliphatic heterocycles. The van der Waals surface area contributed by atoms with Gasteiger partial charge < -0.3 is 19.1 Å². The van der Waals surface area contributed by atoms with Crippen LogP contribution in [0.25, 0.3) is 22.3 Å². The fourth-order valence-electron chi connectivity index (χ4n) is 5.61. The van der Waals surface area contributed by atoms with Gasteiger partial charge in [0.2, 0.25) is 5.88 Å². The maximum absolute atomic E-state index is 15.6. The van der Waals surface area contributed by atoms with Crippen molar-refractivity contribution in [1.82, 2.24) is 14.5 Å².